The minimum absolute atomic E-state index is 0.243. The van der Waals surface area contributed by atoms with Gasteiger partial charge in [0.15, 0.2) is 0 Å². The third-order valence-electron chi connectivity index (χ3n) is 4.77. The molecule has 0 bridgehead atoms. The molecule has 0 aliphatic carbocycles. The Balaban J connectivity index is 1.20. The van der Waals surface area contributed by atoms with Gasteiger partial charge in [-0.25, -0.2) is 4.39 Å². The van der Waals surface area contributed by atoms with Crippen LogP contribution in [0.2, 0.25) is 0 Å². The summed E-state index contributed by atoms with van der Waals surface area (Å²) in [6.45, 7) is 1.99. The van der Waals surface area contributed by atoms with E-state index < -0.39 is 0 Å². The summed E-state index contributed by atoms with van der Waals surface area (Å²) in [5.74, 6) is 1.50. The lowest BCUT2D eigenvalue weighted by Gasteiger charge is -2.12. The van der Waals surface area contributed by atoms with Crippen LogP contribution in [0.15, 0.2) is 84.0 Å². The van der Waals surface area contributed by atoms with E-state index in [1.165, 1.54) is 12.1 Å². The predicted octanol–water partition coefficient (Wildman–Crippen LogP) is 4.65. The molecule has 1 heterocycles. The average Bonchev–Trinajstić information content (AvgIpc) is 3.31. The highest BCUT2D eigenvalue weighted by molar-refractivity contribution is 7.99. The van der Waals surface area contributed by atoms with Crippen molar-refractivity contribution in [2.24, 2.45) is 0 Å². The van der Waals surface area contributed by atoms with Crippen LogP contribution in [0, 0.1) is 5.82 Å². The third kappa shape index (κ3) is 6.15. The maximum atomic E-state index is 13.1. The number of tetrazole rings is 1. The maximum Gasteiger partial charge on any atom is 0.214 e. The van der Waals surface area contributed by atoms with Crippen molar-refractivity contribution in [1.82, 2.24) is 25.5 Å². The highest BCUT2D eigenvalue weighted by Gasteiger charge is 2.08. The molecule has 3 aromatic carbocycles. The van der Waals surface area contributed by atoms with Gasteiger partial charge < -0.3 is 10.1 Å². The van der Waals surface area contributed by atoms with E-state index >= 15 is 0 Å². The first-order chi connectivity index (χ1) is 15.8. The summed E-state index contributed by atoms with van der Waals surface area (Å²) in [5.41, 5.74) is 2.98. The normalized spacial score (nSPS) is 10.9. The minimum Gasteiger partial charge on any atom is -0.489 e. The first kappa shape index (κ1) is 22.0. The van der Waals surface area contributed by atoms with Crippen molar-refractivity contribution in [3.8, 4) is 11.4 Å². The largest absolute Gasteiger partial charge is 0.489 e. The molecule has 0 atom stereocenters. The Morgan fingerprint density at radius 2 is 1.72 bits per heavy atom. The van der Waals surface area contributed by atoms with E-state index in [4.69, 9.17) is 4.74 Å². The predicted molar refractivity (Wildman–Crippen MR) is 123 cm³/mol. The fourth-order valence-corrected chi connectivity index (χ4v) is 3.95. The van der Waals surface area contributed by atoms with Crippen LogP contribution in [0.25, 0.3) is 5.69 Å². The Hall–Kier alpha value is -3.23. The molecule has 0 amide bonds. The number of para-hydroxylation sites is 2. The number of aromatic nitrogens is 4. The second-order valence-corrected chi connectivity index (χ2v) is 8.17. The van der Waals surface area contributed by atoms with Gasteiger partial charge in [0, 0.05) is 17.9 Å². The van der Waals surface area contributed by atoms with E-state index in [0.29, 0.717) is 13.2 Å². The van der Waals surface area contributed by atoms with E-state index in [1.807, 2.05) is 48.5 Å². The van der Waals surface area contributed by atoms with Crippen LogP contribution in [0.3, 0.4) is 0 Å². The van der Waals surface area contributed by atoms with Gasteiger partial charge in [0.25, 0.3) is 0 Å². The molecule has 0 saturated heterocycles. The molecular formula is C24H24FN5OS. The molecule has 1 N–H and O–H groups in total. The number of hydrogen-bond donors (Lipinski definition) is 1. The first-order valence-corrected chi connectivity index (χ1v) is 11.4. The molecule has 0 radical (unpaired) electrons. The summed E-state index contributed by atoms with van der Waals surface area (Å²) in [7, 11) is 0. The second-order valence-electron chi connectivity index (χ2n) is 7.11. The second kappa shape index (κ2) is 11.4. The lowest BCUT2D eigenvalue weighted by atomic mass is 10.2. The number of nitrogens with zero attached hydrogens (tertiary/aromatic N) is 4. The van der Waals surface area contributed by atoms with Gasteiger partial charge in [-0.05, 0) is 59.3 Å². The van der Waals surface area contributed by atoms with E-state index in [0.717, 1.165) is 46.4 Å². The van der Waals surface area contributed by atoms with Crippen molar-refractivity contribution < 1.29 is 9.13 Å². The molecule has 6 nitrogen and oxygen atoms in total. The van der Waals surface area contributed by atoms with Crippen LogP contribution < -0.4 is 10.1 Å². The zero-order chi connectivity index (χ0) is 22.0. The Morgan fingerprint density at radius 3 is 2.56 bits per heavy atom. The fraction of sp³-hybridized carbons (Fsp3) is 0.208. The molecule has 32 heavy (non-hydrogen) atoms. The molecule has 0 saturated carbocycles. The molecule has 0 aliphatic heterocycles. The lowest BCUT2D eigenvalue weighted by molar-refractivity contribution is 0.302. The van der Waals surface area contributed by atoms with Crippen LogP contribution in [-0.2, 0) is 13.2 Å². The van der Waals surface area contributed by atoms with Gasteiger partial charge in [0.05, 0.1) is 5.69 Å². The number of halogens is 1. The summed E-state index contributed by atoms with van der Waals surface area (Å²) >= 11 is 1.64. The number of thioether (sulfide) groups is 1. The zero-order valence-corrected chi connectivity index (χ0v) is 18.3. The third-order valence-corrected chi connectivity index (χ3v) is 5.77. The van der Waals surface area contributed by atoms with Crippen molar-refractivity contribution in [1.29, 1.82) is 0 Å². The molecule has 0 fully saturated rings. The SMILES string of the molecule is Fc1ccc(COc2ccccc2CNCCCSc2nnnn2-c2ccccc2)cc1. The average molecular weight is 450 g/mol. The van der Waals surface area contributed by atoms with E-state index in [-0.39, 0.29) is 5.82 Å². The molecule has 4 aromatic rings. The molecule has 164 valence electrons. The molecular weight excluding hydrogens is 425 g/mol. The quantitative estimate of drug-likeness (QED) is 0.266. The van der Waals surface area contributed by atoms with Gasteiger partial charge in [-0.2, -0.15) is 4.68 Å². The number of rotatable bonds is 11. The molecule has 1 aromatic heterocycles. The fourth-order valence-electron chi connectivity index (χ4n) is 3.12. The summed E-state index contributed by atoms with van der Waals surface area (Å²) in [6, 6.07) is 24.2. The monoisotopic (exact) mass is 449 g/mol. The molecule has 0 spiro atoms. The smallest absolute Gasteiger partial charge is 0.214 e. The highest BCUT2D eigenvalue weighted by atomic mass is 32.2. The number of hydrogen-bond acceptors (Lipinski definition) is 6. The maximum absolute atomic E-state index is 13.1. The standard InChI is InChI=1S/C24H24FN5OS/c25-21-13-11-19(12-14-21)18-31-23-10-5-4-7-20(23)17-26-15-6-16-32-24-27-28-29-30(24)22-8-2-1-3-9-22/h1-5,7-14,26H,6,15-18H2. The Morgan fingerprint density at radius 1 is 0.938 bits per heavy atom. The van der Waals surface area contributed by atoms with Crippen LogP contribution in [0.1, 0.15) is 17.5 Å². The van der Waals surface area contributed by atoms with Gasteiger partial charge in [-0.3, -0.25) is 0 Å². The Labute approximate surface area is 190 Å². The number of ether oxygens (including phenoxy) is 1. The van der Waals surface area contributed by atoms with Gasteiger partial charge >= 0.3 is 0 Å². The zero-order valence-electron chi connectivity index (χ0n) is 17.5. The van der Waals surface area contributed by atoms with E-state index in [9.17, 15) is 4.39 Å². The Bertz CT molecular complexity index is 1100. The topological polar surface area (TPSA) is 64.9 Å². The van der Waals surface area contributed by atoms with Gasteiger partial charge in [-0.1, -0.05) is 60.3 Å². The summed E-state index contributed by atoms with van der Waals surface area (Å²) in [4.78, 5) is 0. The van der Waals surface area contributed by atoms with Gasteiger partial charge in [0.1, 0.15) is 18.2 Å². The van der Waals surface area contributed by atoms with Gasteiger partial charge in [-0.15, -0.1) is 5.10 Å². The highest BCUT2D eigenvalue weighted by Crippen LogP contribution is 2.20. The molecule has 0 aliphatic rings. The van der Waals surface area contributed by atoms with E-state index in [2.05, 4.69) is 26.9 Å². The summed E-state index contributed by atoms with van der Waals surface area (Å²) in [5, 5.41) is 16.3. The van der Waals surface area contributed by atoms with Crippen molar-refractivity contribution in [2.75, 3.05) is 12.3 Å². The van der Waals surface area contributed by atoms with E-state index in [1.54, 1.807) is 28.6 Å². The summed E-state index contributed by atoms with van der Waals surface area (Å²) in [6.07, 6.45) is 0.977. The minimum atomic E-state index is -0.243. The molecule has 4 rings (SSSR count). The van der Waals surface area contributed by atoms with Crippen molar-refractivity contribution >= 4 is 11.8 Å². The van der Waals surface area contributed by atoms with Crippen LogP contribution >= 0.6 is 11.8 Å². The number of benzene rings is 3. The van der Waals surface area contributed by atoms with Crippen molar-refractivity contribution in [3.63, 3.8) is 0 Å². The van der Waals surface area contributed by atoms with Crippen molar-refractivity contribution in [3.05, 3.63) is 95.8 Å². The summed E-state index contributed by atoms with van der Waals surface area (Å²) < 4.78 is 20.8. The Kier molecular flexibility index (Phi) is 7.84. The molecule has 0 unspecified atom stereocenters. The van der Waals surface area contributed by atoms with Crippen LogP contribution in [0.4, 0.5) is 4.39 Å². The first-order valence-electron chi connectivity index (χ1n) is 10.4. The molecule has 8 heteroatoms. The number of nitrogens with one attached hydrogen (secondary N) is 1. The lowest BCUT2D eigenvalue weighted by Crippen LogP contribution is -2.16. The van der Waals surface area contributed by atoms with Crippen molar-refractivity contribution in [2.45, 2.75) is 24.7 Å². The van der Waals surface area contributed by atoms with Gasteiger partial charge in [0.2, 0.25) is 5.16 Å². The van der Waals surface area contributed by atoms with Crippen LogP contribution in [-0.4, -0.2) is 32.5 Å². The van der Waals surface area contributed by atoms with Crippen LogP contribution in [0.5, 0.6) is 5.75 Å².